The molecule has 0 amide bonds. The van der Waals surface area contributed by atoms with E-state index in [1.54, 1.807) is 10.7 Å². The topological polar surface area (TPSA) is 48.0 Å². The van der Waals surface area contributed by atoms with E-state index in [0.717, 1.165) is 44.5 Å². The molecule has 2 aromatic heterocycles. The maximum atomic E-state index is 13.5. The smallest absolute Gasteiger partial charge is 0.240 e. The van der Waals surface area contributed by atoms with Crippen molar-refractivity contribution in [2.75, 3.05) is 0 Å². The van der Waals surface area contributed by atoms with Crippen LogP contribution >= 0.6 is 47.8 Å². The SMILES string of the molecule is Brc1ccc2c(c1)CN=C2.Brc1ccc2cnn(CC3CC3)c2c1.Fc1nn(CC2CC2)c2cc(Br)ccc12. The average Bonchev–Trinajstić information content (AvgIpc) is 3.81. The molecule has 0 unspecified atom stereocenters. The van der Waals surface area contributed by atoms with Crippen molar-refractivity contribution < 1.29 is 4.39 Å². The lowest BCUT2D eigenvalue weighted by atomic mass is 10.1. The predicted octanol–water partition coefficient (Wildman–Crippen LogP) is 8.94. The maximum Gasteiger partial charge on any atom is 0.240 e. The van der Waals surface area contributed by atoms with Gasteiger partial charge in [0.15, 0.2) is 0 Å². The van der Waals surface area contributed by atoms with Crippen LogP contribution in [-0.4, -0.2) is 25.8 Å². The molecular formula is C30H27Br3FN5. The third-order valence-corrected chi connectivity index (χ3v) is 8.61. The number of hydrogen-bond donors (Lipinski definition) is 0. The van der Waals surface area contributed by atoms with Gasteiger partial charge in [-0.25, -0.2) is 0 Å². The van der Waals surface area contributed by atoms with Gasteiger partial charge in [0, 0.05) is 38.1 Å². The fourth-order valence-corrected chi connectivity index (χ4v) is 5.71. The highest BCUT2D eigenvalue weighted by Gasteiger charge is 2.24. The summed E-state index contributed by atoms with van der Waals surface area (Å²) in [4.78, 5) is 4.15. The lowest BCUT2D eigenvalue weighted by Crippen LogP contribution is -2.01. The van der Waals surface area contributed by atoms with Crippen LogP contribution in [-0.2, 0) is 19.6 Å². The molecule has 200 valence electrons. The molecule has 0 saturated heterocycles. The number of halogens is 4. The number of fused-ring (bicyclic) bond motifs is 3. The zero-order valence-corrected chi connectivity index (χ0v) is 26.0. The fourth-order valence-electron chi connectivity index (χ4n) is 4.60. The Hall–Kier alpha value is -2.36. The largest absolute Gasteiger partial charge is 0.288 e. The highest BCUT2D eigenvalue weighted by atomic mass is 79.9. The Kier molecular flexibility index (Phi) is 8.00. The van der Waals surface area contributed by atoms with Gasteiger partial charge in [0.1, 0.15) is 0 Å². The summed E-state index contributed by atoms with van der Waals surface area (Å²) in [6, 6.07) is 18.1. The normalized spacial score (nSPS) is 15.6. The molecule has 0 radical (unpaired) electrons. The van der Waals surface area contributed by atoms with Gasteiger partial charge in [-0.3, -0.25) is 14.4 Å². The first-order valence-electron chi connectivity index (χ1n) is 13.1. The number of benzene rings is 3. The molecule has 2 saturated carbocycles. The van der Waals surface area contributed by atoms with Crippen LogP contribution in [0.15, 0.2) is 79.2 Å². The first-order chi connectivity index (χ1) is 18.9. The van der Waals surface area contributed by atoms with Crippen molar-refractivity contribution in [2.45, 2.75) is 45.3 Å². The zero-order valence-electron chi connectivity index (χ0n) is 21.2. The Labute approximate surface area is 251 Å². The molecular weight excluding hydrogens is 689 g/mol. The van der Waals surface area contributed by atoms with Gasteiger partial charge in [-0.15, -0.1) is 5.10 Å². The van der Waals surface area contributed by atoms with Gasteiger partial charge in [0.05, 0.1) is 29.2 Å². The van der Waals surface area contributed by atoms with Crippen LogP contribution in [0.1, 0.15) is 36.8 Å². The minimum atomic E-state index is -0.363. The second-order valence-corrected chi connectivity index (χ2v) is 13.1. The van der Waals surface area contributed by atoms with E-state index in [0.29, 0.717) is 11.3 Å². The number of rotatable bonds is 4. The van der Waals surface area contributed by atoms with Crippen molar-refractivity contribution in [3.8, 4) is 0 Å². The lowest BCUT2D eigenvalue weighted by Gasteiger charge is -2.01. The van der Waals surface area contributed by atoms with Crippen molar-refractivity contribution in [1.82, 2.24) is 19.6 Å². The minimum absolute atomic E-state index is 0.363. The van der Waals surface area contributed by atoms with Gasteiger partial charge < -0.3 is 0 Å². The summed E-state index contributed by atoms with van der Waals surface area (Å²) in [5, 5.41) is 10.2. The predicted molar refractivity (Wildman–Crippen MR) is 166 cm³/mol. The van der Waals surface area contributed by atoms with Gasteiger partial charge in [-0.05, 0) is 91.1 Å². The molecule has 0 spiro atoms. The van der Waals surface area contributed by atoms with E-state index >= 15 is 0 Å². The van der Waals surface area contributed by atoms with Crippen LogP contribution in [0.25, 0.3) is 21.8 Å². The highest BCUT2D eigenvalue weighted by molar-refractivity contribution is 9.11. The van der Waals surface area contributed by atoms with Crippen LogP contribution in [0, 0.1) is 17.8 Å². The third-order valence-electron chi connectivity index (χ3n) is 7.13. The summed E-state index contributed by atoms with van der Waals surface area (Å²) in [6.45, 7) is 2.77. The number of aliphatic imine (C=N–C) groups is 1. The summed E-state index contributed by atoms with van der Waals surface area (Å²) in [7, 11) is 0. The summed E-state index contributed by atoms with van der Waals surface area (Å²) >= 11 is 10.3. The highest BCUT2D eigenvalue weighted by Crippen LogP contribution is 2.33. The summed E-state index contributed by atoms with van der Waals surface area (Å²) in [5.41, 5.74) is 4.69. The standard InChI is InChI=1S/C11H10BrFN2.C11H11BrN2.C8H6BrN/c12-8-3-4-9-10(5-8)15(14-11(9)13)6-7-1-2-7;12-10-4-3-9-6-13-14(11(9)5-10)7-8-1-2-8;9-8-2-1-6-4-10-5-7(6)3-8/h3-5,7H,1-2,6H2;3-6,8H,1-2,7H2;1-4H,5H2. The lowest BCUT2D eigenvalue weighted by molar-refractivity contribution is 0.512. The van der Waals surface area contributed by atoms with E-state index < -0.39 is 0 Å². The van der Waals surface area contributed by atoms with Crippen LogP contribution < -0.4 is 0 Å². The number of aromatic nitrogens is 4. The van der Waals surface area contributed by atoms with E-state index in [2.05, 4.69) is 98.0 Å². The Balaban J connectivity index is 0.000000109. The zero-order chi connectivity index (χ0) is 26.9. The molecule has 1 aliphatic heterocycles. The monoisotopic (exact) mass is 713 g/mol. The van der Waals surface area contributed by atoms with Gasteiger partial charge in [-0.2, -0.15) is 9.49 Å². The van der Waals surface area contributed by atoms with Crippen molar-refractivity contribution in [1.29, 1.82) is 0 Å². The number of hydrogen-bond acceptors (Lipinski definition) is 3. The molecule has 0 bridgehead atoms. The molecule has 0 N–H and O–H groups in total. The Bertz CT molecular complexity index is 1670. The molecule has 3 heterocycles. The van der Waals surface area contributed by atoms with E-state index in [1.165, 1.54) is 47.7 Å². The first-order valence-corrected chi connectivity index (χ1v) is 15.5. The van der Waals surface area contributed by atoms with E-state index in [1.807, 2.05) is 30.6 Å². The summed E-state index contributed by atoms with van der Waals surface area (Å²) in [6.07, 6.45) is 9.10. The summed E-state index contributed by atoms with van der Waals surface area (Å²) < 4.78 is 20.6. The minimum Gasteiger partial charge on any atom is -0.288 e. The molecule has 9 heteroatoms. The second kappa shape index (κ2) is 11.6. The maximum absolute atomic E-state index is 13.5. The molecule has 5 nitrogen and oxygen atoms in total. The molecule has 2 fully saturated rings. The molecule has 5 aromatic rings. The molecule has 39 heavy (non-hydrogen) atoms. The number of nitrogens with zero attached hydrogens (tertiary/aromatic N) is 5. The average molecular weight is 716 g/mol. The Morgan fingerprint density at radius 1 is 0.769 bits per heavy atom. The molecule has 8 rings (SSSR count). The molecule has 2 aliphatic carbocycles. The molecule has 0 atom stereocenters. The Morgan fingerprint density at radius 2 is 1.41 bits per heavy atom. The van der Waals surface area contributed by atoms with Gasteiger partial charge in [0.2, 0.25) is 5.95 Å². The van der Waals surface area contributed by atoms with Gasteiger partial charge >= 0.3 is 0 Å². The van der Waals surface area contributed by atoms with Crippen LogP contribution in [0.5, 0.6) is 0 Å². The van der Waals surface area contributed by atoms with Gasteiger partial charge in [0.25, 0.3) is 0 Å². The van der Waals surface area contributed by atoms with Crippen LogP contribution in [0.4, 0.5) is 4.39 Å². The summed E-state index contributed by atoms with van der Waals surface area (Å²) in [5.74, 6) is 1.21. The van der Waals surface area contributed by atoms with Crippen molar-refractivity contribution in [3.63, 3.8) is 0 Å². The second-order valence-electron chi connectivity index (χ2n) is 10.4. The van der Waals surface area contributed by atoms with Crippen molar-refractivity contribution >= 4 is 75.8 Å². The van der Waals surface area contributed by atoms with Crippen molar-refractivity contribution in [2.24, 2.45) is 16.8 Å². The van der Waals surface area contributed by atoms with Crippen molar-refractivity contribution in [3.05, 3.63) is 91.3 Å². The van der Waals surface area contributed by atoms with Crippen LogP contribution in [0.2, 0.25) is 0 Å². The third kappa shape index (κ3) is 6.69. The quantitative estimate of drug-likeness (QED) is 0.187. The first kappa shape index (κ1) is 26.8. The van der Waals surface area contributed by atoms with Gasteiger partial charge in [-0.1, -0.05) is 59.9 Å². The molecule has 3 aromatic carbocycles. The molecule has 3 aliphatic rings. The fraction of sp³-hybridized carbons (Fsp3) is 0.300. The van der Waals surface area contributed by atoms with E-state index in [-0.39, 0.29) is 5.95 Å². The van der Waals surface area contributed by atoms with E-state index in [9.17, 15) is 4.39 Å². The van der Waals surface area contributed by atoms with E-state index in [4.69, 9.17) is 0 Å². The van der Waals surface area contributed by atoms with Crippen LogP contribution in [0.3, 0.4) is 0 Å². The Morgan fingerprint density at radius 3 is 2.15 bits per heavy atom.